The lowest BCUT2D eigenvalue weighted by atomic mass is 10.1. The van der Waals surface area contributed by atoms with Crippen molar-refractivity contribution < 1.29 is 9.59 Å². The maximum absolute atomic E-state index is 12.2. The Balaban J connectivity index is 2.39. The number of thiocarbonyl (C=S) groups is 1. The Hall–Kier alpha value is -1.06. The van der Waals surface area contributed by atoms with E-state index in [1.165, 1.54) is 4.90 Å². The maximum atomic E-state index is 12.2. The lowest BCUT2D eigenvalue weighted by Crippen LogP contribution is -2.53. The summed E-state index contributed by atoms with van der Waals surface area (Å²) in [4.78, 5) is 25.4. The molecule has 1 aromatic rings. The molecule has 4 nitrogen and oxygen atoms in total. The molecule has 0 bridgehead atoms. The fraction of sp³-hybridized carbons (Fsp3) is 0.0833. The van der Waals surface area contributed by atoms with Gasteiger partial charge in [0.2, 0.25) is 0 Å². The highest BCUT2D eigenvalue weighted by Gasteiger charge is 2.32. The third-order valence-electron chi connectivity index (χ3n) is 2.44. The predicted octanol–water partition coefficient (Wildman–Crippen LogP) is 2.17. The van der Waals surface area contributed by atoms with Crippen molar-refractivity contribution in [3.63, 3.8) is 0 Å². The quantitative estimate of drug-likeness (QED) is 0.276. The van der Waals surface area contributed by atoms with Crippen molar-refractivity contribution in [2.45, 2.75) is 0 Å². The molecule has 19 heavy (non-hydrogen) atoms. The van der Waals surface area contributed by atoms with E-state index in [4.69, 9.17) is 12.2 Å². The van der Waals surface area contributed by atoms with Crippen molar-refractivity contribution in [2.24, 2.45) is 0 Å². The second-order valence-electron chi connectivity index (χ2n) is 3.67. The van der Waals surface area contributed by atoms with Crippen LogP contribution in [0.25, 0.3) is 6.08 Å². The highest BCUT2D eigenvalue weighted by molar-refractivity contribution is 14.1. The molecule has 1 aromatic heterocycles. The summed E-state index contributed by atoms with van der Waals surface area (Å²) >= 11 is 8.69. The molecule has 0 radical (unpaired) electrons. The first-order valence-electron chi connectivity index (χ1n) is 5.27. The van der Waals surface area contributed by atoms with Gasteiger partial charge in [-0.25, -0.2) is 0 Å². The zero-order valence-corrected chi connectivity index (χ0v) is 13.5. The molecule has 2 amide bonds. The first-order chi connectivity index (χ1) is 9.04. The van der Waals surface area contributed by atoms with E-state index in [0.717, 1.165) is 8.45 Å². The van der Waals surface area contributed by atoms with Crippen molar-refractivity contribution in [3.8, 4) is 0 Å². The second-order valence-corrected chi connectivity index (χ2v) is 6.78. The lowest BCUT2D eigenvalue weighted by Gasteiger charge is -2.27. The van der Waals surface area contributed by atoms with Gasteiger partial charge in [-0.3, -0.25) is 19.8 Å². The standard InChI is InChI=1S/C12H9IN2O2S2/c1-2-4-15-11(17)8(10(16)14-12(15)18)6-7-3-5-19-9(7)13/h2-3,5-6H,1,4H2,(H,14,16,18)/b8-6+. The Morgan fingerprint density at radius 1 is 1.53 bits per heavy atom. The van der Waals surface area contributed by atoms with Crippen LogP contribution in [0.15, 0.2) is 29.7 Å². The van der Waals surface area contributed by atoms with Crippen LogP contribution in [0.3, 0.4) is 0 Å². The summed E-state index contributed by atoms with van der Waals surface area (Å²) in [6, 6.07) is 1.87. The molecule has 1 saturated heterocycles. The molecule has 2 heterocycles. The molecule has 0 atom stereocenters. The maximum Gasteiger partial charge on any atom is 0.265 e. The van der Waals surface area contributed by atoms with E-state index in [0.29, 0.717) is 0 Å². The molecule has 0 spiro atoms. The molecule has 0 unspecified atom stereocenters. The third kappa shape index (κ3) is 2.93. The van der Waals surface area contributed by atoms with Crippen LogP contribution >= 0.6 is 46.1 Å². The topological polar surface area (TPSA) is 49.4 Å². The van der Waals surface area contributed by atoms with Gasteiger partial charge < -0.3 is 0 Å². The van der Waals surface area contributed by atoms with Crippen LogP contribution in [0.5, 0.6) is 0 Å². The van der Waals surface area contributed by atoms with Crippen molar-refractivity contribution in [2.75, 3.05) is 6.54 Å². The number of amides is 2. The van der Waals surface area contributed by atoms with Crippen LogP contribution in [0, 0.1) is 2.88 Å². The van der Waals surface area contributed by atoms with Crippen LogP contribution < -0.4 is 5.32 Å². The molecule has 7 heteroatoms. The number of carbonyl (C=O) groups excluding carboxylic acids is 2. The Morgan fingerprint density at radius 2 is 2.26 bits per heavy atom. The average Bonchev–Trinajstić information content (AvgIpc) is 2.76. The highest BCUT2D eigenvalue weighted by Crippen LogP contribution is 2.23. The lowest BCUT2D eigenvalue weighted by molar-refractivity contribution is -0.128. The minimum atomic E-state index is -0.461. The van der Waals surface area contributed by atoms with Crippen molar-refractivity contribution in [1.82, 2.24) is 10.2 Å². The van der Waals surface area contributed by atoms with Crippen molar-refractivity contribution >= 4 is 69.1 Å². The van der Waals surface area contributed by atoms with E-state index < -0.39 is 11.8 Å². The first-order valence-corrected chi connectivity index (χ1v) is 7.64. The molecule has 0 aliphatic carbocycles. The number of rotatable bonds is 3. The van der Waals surface area contributed by atoms with Gasteiger partial charge in [0.05, 0.1) is 2.88 Å². The van der Waals surface area contributed by atoms with Gasteiger partial charge in [0, 0.05) is 6.54 Å². The van der Waals surface area contributed by atoms with Gasteiger partial charge in [-0.15, -0.1) is 17.9 Å². The summed E-state index contributed by atoms with van der Waals surface area (Å²) in [6.45, 7) is 3.85. The molecule has 0 aromatic carbocycles. The third-order valence-corrected chi connectivity index (χ3v) is 4.87. The Bertz CT molecular complexity index is 607. The van der Waals surface area contributed by atoms with Crippen LogP contribution in [0.1, 0.15) is 5.56 Å². The summed E-state index contributed by atoms with van der Waals surface area (Å²) in [5, 5.41) is 4.53. The predicted molar refractivity (Wildman–Crippen MR) is 87.7 cm³/mol. The average molecular weight is 404 g/mol. The molecule has 1 aliphatic heterocycles. The molecular formula is C12H9IN2O2S2. The van der Waals surface area contributed by atoms with E-state index in [9.17, 15) is 9.59 Å². The molecule has 1 aliphatic rings. The summed E-state index contributed by atoms with van der Waals surface area (Å²) in [6.07, 6.45) is 3.15. The van der Waals surface area contributed by atoms with E-state index in [1.807, 2.05) is 11.4 Å². The van der Waals surface area contributed by atoms with Crippen LogP contribution in [-0.2, 0) is 9.59 Å². The number of nitrogens with zero attached hydrogens (tertiary/aromatic N) is 1. The SMILES string of the molecule is C=CCN1C(=O)/C(=C/c2ccsc2I)C(=O)NC1=S. The minimum Gasteiger partial charge on any atom is -0.298 e. The largest absolute Gasteiger partial charge is 0.298 e. The molecule has 1 fully saturated rings. The van der Waals surface area contributed by atoms with Gasteiger partial charge in [0.25, 0.3) is 11.8 Å². The van der Waals surface area contributed by atoms with Gasteiger partial charge in [-0.1, -0.05) is 6.08 Å². The van der Waals surface area contributed by atoms with E-state index in [-0.39, 0.29) is 17.2 Å². The molecule has 1 N–H and O–H groups in total. The van der Waals surface area contributed by atoms with Crippen LogP contribution in [-0.4, -0.2) is 28.4 Å². The zero-order valence-electron chi connectivity index (χ0n) is 9.68. The number of halogens is 1. The van der Waals surface area contributed by atoms with Gasteiger partial charge in [-0.05, 0) is 57.9 Å². The Labute approximate surface area is 133 Å². The van der Waals surface area contributed by atoms with Crippen molar-refractivity contribution in [3.05, 3.63) is 38.1 Å². The second kappa shape index (κ2) is 5.93. The van der Waals surface area contributed by atoms with Crippen molar-refractivity contribution in [1.29, 1.82) is 0 Å². The van der Waals surface area contributed by atoms with Gasteiger partial charge in [0.1, 0.15) is 5.57 Å². The van der Waals surface area contributed by atoms with E-state index >= 15 is 0 Å². The van der Waals surface area contributed by atoms with Crippen LogP contribution in [0.2, 0.25) is 0 Å². The zero-order chi connectivity index (χ0) is 14.0. The number of hydrogen-bond donors (Lipinski definition) is 1. The summed E-state index contributed by atoms with van der Waals surface area (Å²) in [5.74, 6) is -0.854. The van der Waals surface area contributed by atoms with Gasteiger partial charge in [-0.2, -0.15) is 0 Å². The number of nitrogens with one attached hydrogen (secondary N) is 1. The van der Waals surface area contributed by atoms with Gasteiger partial charge >= 0.3 is 0 Å². The summed E-state index contributed by atoms with van der Waals surface area (Å²) in [5.41, 5.74) is 0.947. The van der Waals surface area contributed by atoms with E-state index in [2.05, 4.69) is 34.5 Å². The van der Waals surface area contributed by atoms with E-state index in [1.54, 1.807) is 23.5 Å². The molecule has 2 rings (SSSR count). The fourth-order valence-electron chi connectivity index (χ4n) is 1.55. The Morgan fingerprint density at radius 3 is 2.84 bits per heavy atom. The molecule has 0 saturated carbocycles. The minimum absolute atomic E-state index is 0.0896. The normalized spacial score (nSPS) is 17.8. The molecular weight excluding hydrogens is 395 g/mol. The highest BCUT2D eigenvalue weighted by atomic mass is 127. The summed E-state index contributed by atoms with van der Waals surface area (Å²) in [7, 11) is 0. The molecule has 98 valence electrons. The Kier molecular flexibility index (Phi) is 4.48. The monoisotopic (exact) mass is 404 g/mol. The summed E-state index contributed by atoms with van der Waals surface area (Å²) < 4.78 is 1.02. The first kappa shape index (κ1) is 14.4. The van der Waals surface area contributed by atoms with Crippen LogP contribution in [0.4, 0.5) is 0 Å². The number of thiophene rings is 1. The number of hydrogen-bond acceptors (Lipinski definition) is 4. The number of carbonyl (C=O) groups is 2. The van der Waals surface area contributed by atoms with Gasteiger partial charge in [0.15, 0.2) is 5.11 Å². The fourth-order valence-corrected chi connectivity index (χ4v) is 3.17. The smallest absolute Gasteiger partial charge is 0.265 e.